The van der Waals surface area contributed by atoms with E-state index >= 15 is 0 Å². The smallest absolute Gasteiger partial charge is 0.227 e. The largest absolute Gasteiger partial charge is 0.307 e. The molecule has 0 saturated heterocycles. The number of fused-ring (bicyclic) bond motifs is 2. The van der Waals surface area contributed by atoms with E-state index in [1.807, 2.05) is 11.0 Å². The average molecular weight is 402 g/mol. The second-order valence-corrected chi connectivity index (χ2v) is 9.03. The molecule has 0 spiro atoms. The molecule has 1 saturated carbocycles. The molecule has 0 N–H and O–H groups in total. The van der Waals surface area contributed by atoms with Gasteiger partial charge < -0.3 is 4.90 Å². The van der Waals surface area contributed by atoms with E-state index in [1.165, 1.54) is 68.9 Å². The molecule has 2 nitrogen and oxygen atoms in total. The molecule has 0 radical (unpaired) electrons. The van der Waals surface area contributed by atoms with Gasteiger partial charge in [0.2, 0.25) is 5.91 Å². The summed E-state index contributed by atoms with van der Waals surface area (Å²) in [7, 11) is 0. The summed E-state index contributed by atoms with van der Waals surface area (Å²) >= 11 is 0. The quantitative estimate of drug-likeness (QED) is 0.518. The summed E-state index contributed by atoms with van der Waals surface area (Å²) in [5.41, 5.74) is 4.59. The van der Waals surface area contributed by atoms with Crippen LogP contribution in [-0.2, 0) is 11.3 Å². The van der Waals surface area contributed by atoms with E-state index in [0.29, 0.717) is 18.9 Å². The zero-order valence-electron chi connectivity index (χ0n) is 18.2. The van der Waals surface area contributed by atoms with Crippen molar-refractivity contribution in [1.82, 2.24) is 0 Å². The van der Waals surface area contributed by atoms with Gasteiger partial charge in [-0.2, -0.15) is 0 Å². The zero-order valence-corrected chi connectivity index (χ0v) is 18.2. The molecule has 2 aromatic rings. The fraction of sp³-hybridized carbons (Fsp3) is 0.464. The van der Waals surface area contributed by atoms with E-state index < -0.39 is 0 Å². The number of carbonyl (C=O) groups is 1. The normalized spacial score (nSPS) is 19.1. The van der Waals surface area contributed by atoms with Gasteiger partial charge in [-0.3, -0.25) is 4.79 Å². The maximum Gasteiger partial charge on any atom is 0.227 e. The third kappa shape index (κ3) is 5.41. The minimum atomic E-state index is 0.268. The molecule has 0 bridgehead atoms. The van der Waals surface area contributed by atoms with Gasteiger partial charge in [-0.05, 0) is 35.1 Å². The number of nitrogens with zero attached hydrogens (tertiary/aromatic N) is 1. The van der Waals surface area contributed by atoms with E-state index in [4.69, 9.17) is 0 Å². The van der Waals surface area contributed by atoms with Crippen LogP contribution >= 0.6 is 0 Å². The molecule has 0 unspecified atom stereocenters. The maximum atomic E-state index is 13.5. The van der Waals surface area contributed by atoms with Gasteiger partial charge in [0, 0.05) is 6.42 Å². The summed E-state index contributed by atoms with van der Waals surface area (Å²) in [6.45, 7) is 0.654. The standard InChI is InChI=1S/C28H35NO/c30-28(21-18-23-12-6-4-2-1-3-5-7-13-23)29-22-26-16-9-8-14-24(26)19-20-25-15-10-11-17-27(25)29/h8-11,14-17,19-20,23H,1-7,12-13,18,21-22H2/b20-19-. The third-order valence-electron chi connectivity index (χ3n) is 6.85. The highest BCUT2D eigenvalue weighted by molar-refractivity contribution is 5.97. The number of anilines is 1. The van der Waals surface area contributed by atoms with Crippen molar-refractivity contribution in [2.75, 3.05) is 4.90 Å². The van der Waals surface area contributed by atoms with Crippen molar-refractivity contribution in [1.29, 1.82) is 0 Å². The van der Waals surface area contributed by atoms with Crippen LogP contribution in [0.4, 0.5) is 5.69 Å². The van der Waals surface area contributed by atoms with Crippen LogP contribution in [0, 0.1) is 5.92 Å². The van der Waals surface area contributed by atoms with Crippen molar-refractivity contribution in [3.63, 3.8) is 0 Å². The van der Waals surface area contributed by atoms with Gasteiger partial charge in [0.25, 0.3) is 0 Å². The van der Waals surface area contributed by atoms with Crippen LogP contribution in [0.1, 0.15) is 87.3 Å². The Morgan fingerprint density at radius 1 is 0.767 bits per heavy atom. The number of benzene rings is 2. The second-order valence-electron chi connectivity index (χ2n) is 9.03. The Balaban J connectivity index is 1.48. The molecular formula is C28H35NO. The lowest BCUT2D eigenvalue weighted by Crippen LogP contribution is -2.32. The summed E-state index contributed by atoms with van der Waals surface area (Å²) in [5.74, 6) is 0.980. The van der Waals surface area contributed by atoms with Crippen molar-refractivity contribution in [2.24, 2.45) is 5.92 Å². The molecule has 1 fully saturated rings. The van der Waals surface area contributed by atoms with Gasteiger partial charge in [-0.15, -0.1) is 0 Å². The molecule has 0 atom stereocenters. The summed E-state index contributed by atoms with van der Waals surface area (Å²) < 4.78 is 0. The average Bonchev–Trinajstić information content (AvgIpc) is 2.77. The van der Waals surface area contributed by atoms with Gasteiger partial charge in [0.05, 0.1) is 12.2 Å². The first kappa shape index (κ1) is 20.9. The van der Waals surface area contributed by atoms with E-state index in [-0.39, 0.29) is 5.91 Å². The Morgan fingerprint density at radius 2 is 1.37 bits per heavy atom. The molecule has 2 heteroatoms. The highest BCUT2D eigenvalue weighted by Gasteiger charge is 2.22. The van der Waals surface area contributed by atoms with E-state index in [2.05, 4.69) is 54.6 Å². The highest BCUT2D eigenvalue weighted by Crippen LogP contribution is 2.31. The molecule has 1 amide bonds. The molecule has 1 aliphatic heterocycles. The lowest BCUT2D eigenvalue weighted by molar-refractivity contribution is -0.119. The predicted octanol–water partition coefficient (Wildman–Crippen LogP) is 7.62. The van der Waals surface area contributed by atoms with Gasteiger partial charge in [0.1, 0.15) is 0 Å². The highest BCUT2D eigenvalue weighted by atomic mass is 16.2. The summed E-state index contributed by atoms with van der Waals surface area (Å²) in [5, 5.41) is 0. The number of hydrogen-bond donors (Lipinski definition) is 0. The number of para-hydroxylation sites is 1. The van der Waals surface area contributed by atoms with Crippen LogP contribution in [-0.4, -0.2) is 5.91 Å². The van der Waals surface area contributed by atoms with Crippen LogP contribution in [0.2, 0.25) is 0 Å². The molecule has 1 aliphatic carbocycles. The van der Waals surface area contributed by atoms with E-state index in [9.17, 15) is 4.79 Å². The lowest BCUT2D eigenvalue weighted by Gasteiger charge is -2.28. The summed E-state index contributed by atoms with van der Waals surface area (Å²) in [6.07, 6.45) is 18.2. The van der Waals surface area contributed by atoms with Gasteiger partial charge >= 0.3 is 0 Å². The first-order valence-corrected chi connectivity index (χ1v) is 12.0. The Bertz CT molecular complexity index is 858. The molecule has 2 aromatic carbocycles. The molecule has 1 heterocycles. The van der Waals surface area contributed by atoms with E-state index in [0.717, 1.165) is 17.7 Å². The Labute approximate surface area is 182 Å². The van der Waals surface area contributed by atoms with Crippen LogP contribution in [0.15, 0.2) is 48.5 Å². The van der Waals surface area contributed by atoms with Crippen LogP contribution < -0.4 is 4.90 Å². The van der Waals surface area contributed by atoms with Crippen LogP contribution in [0.3, 0.4) is 0 Å². The topological polar surface area (TPSA) is 20.3 Å². The van der Waals surface area contributed by atoms with Crippen LogP contribution in [0.5, 0.6) is 0 Å². The fourth-order valence-corrected chi connectivity index (χ4v) is 5.02. The molecule has 2 aliphatic rings. The summed E-state index contributed by atoms with van der Waals surface area (Å²) in [4.78, 5) is 15.5. The molecule has 158 valence electrons. The third-order valence-corrected chi connectivity index (χ3v) is 6.85. The molecule has 0 aromatic heterocycles. The van der Waals surface area contributed by atoms with Crippen molar-refractivity contribution in [2.45, 2.75) is 77.2 Å². The minimum Gasteiger partial charge on any atom is -0.307 e. The summed E-state index contributed by atoms with van der Waals surface area (Å²) in [6, 6.07) is 16.7. The minimum absolute atomic E-state index is 0.268. The number of rotatable bonds is 3. The predicted molar refractivity (Wildman–Crippen MR) is 127 cm³/mol. The molecule has 4 rings (SSSR count). The first-order valence-electron chi connectivity index (χ1n) is 12.0. The van der Waals surface area contributed by atoms with E-state index in [1.54, 1.807) is 0 Å². The number of carbonyl (C=O) groups excluding carboxylic acids is 1. The molecule has 30 heavy (non-hydrogen) atoms. The van der Waals surface area contributed by atoms with Gasteiger partial charge in [-0.1, -0.05) is 112 Å². The van der Waals surface area contributed by atoms with Crippen molar-refractivity contribution >= 4 is 23.7 Å². The van der Waals surface area contributed by atoms with Gasteiger partial charge in [0.15, 0.2) is 0 Å². The Morgan fingerprint density at radius 3 is 2.13 bits per heavy atom. The Kier molecular flexibility index (Phi) is 7.39. The number of hydrogen-bond acceptors (Lipinski definition) is 1. The lowest BCUT2D eigenvalue weighted by atomic mass is 9.89. The van der Waals surface area contributed by atoms with Crippen LogP contribution in [0.25, 0.3) is 12.2 Å². The Hall–Kier alpha value is -2.35. The first-order chi connectivity index (χ1) is 14.8. The monoisotopic (exact) mass is 401 g/mol. The SMILES string of the molecule is O=C(CCC1CCCCCCCCC1)N1Cc2ccccc2/C=C\c2ccccc21. The fourth-order valence-electron chi connectivity index (χ4n) is 5.02. The van der Waals surface area contributed by atoms with Gasteiger partial charge in [-0.25, -0.2) is 0 Å². The second kappa shape index (κ2) is 10.6. The molecular weight excluding hydrogens is 366 g/mol. The number of amides is 1. The van der Waals surface area contributed by atoms with Crippen molar-refractivity contribution < 1.29 is 4.79 Å². The van der Waals surface area contributed by atoms with Crippen molar-refractivity contribution in [3.05, 3.63) is 65.2 Å². The zero-order chi connectivity index (χ0) is 20.6. The van der Waals surface area contributed by atoms with Crippen molar-refractivity contribution in [3.8, 4) is 0 Å². The maximum absolute atomic E-state index is 13.5.